The largest absolute Gasteiger partial charge is 0.478 e. The number of rotatable bonds is 3. The maximum atomic E-state index is 10.2. The van der Waals surface area contributed by atoms with Gasteiger partial charge in [0, 0.05) is 0 Å². The lowest BCUT2D eigenvalue weighted by molar-refractivity contribution is -0.132. The van der Waals surface area contributed by atoms with Crippen molar-refractivity contribution in [2.45, 2.75) is 13.0 Å². The van der Waals surface area contributed by atoms with Gasteiger partial charge in [-0.05, 0) is 6.92 Å². The molecule has 0 aromatic rings. The highest BCUT2D eigenvalue weighted by atomic mass is 16.4. The minimum absolute atomic E-state index is 0.174. The molecule has 5 heteroatoms. The van der Waals surface area contributed by atoms with Crippen LogP contribution in [0.2, 0.25) is 0 Å². The standard InChI is InChI=1S/C6H9NO4/c1-3(5(8)9)4(2)7-6(10)11/h4,7H,1H2,2H3,(H,8,9)(H,10,11). The highest BCUT2D eigenvalue weighted by Gasteiger charge is 2.14. The molecule has 3 N–H and O–H groups in total. The smallest absolute Gasteiger partial charge is 0.405 e. The number of nitrogens with one attached hydrogen (secondary N) is 1. The number of carbonyl (C=O) groups is 2. The summed E-state index contributed by atoms with van der Waals surface area (Å²) in [6.45, 7) is 4.59. The average molecular weight is 159 g/mol. The van der Waals surface area contributed by atoms with E-state index < -0.39 is 18.1 Å². The number of amides is 1. The van der Waals surface area contributed by atoms with E-state index in [9.17, 15) is 9.59 Å². The first kappa shape index (κ1) is 9.48. The Bertz CT molecular complexity index is 199. The van der Waals surface area contributed by atoms with Gasteiger partial charge in [0.2, 0.25) is 0 Å². The number of carboxylic acids is 1. The monoisotopic (exact) mass is 159 g/mol. The van der Waals surface area contributed by atoms with E-state index >= 15 is 0 Å². The molecule has 5 nitrogen and oxygen atoms in total. The van der Waals surface area contributed by atoms with E-state index in [1.165, 1.54) is 6.92 Å². The summed E-state index contributed by atoms with van der Waals surface area (Å²) in [6.07, 6.45) is -1.26. The molecule has 0 aliphatic carbocycles. The Morgan fingerprint density at radius 3 is 2.18 bits per heavy atom. The molecule has 0 aromatic heterocycles. The molecule has 0 heterocycles. The lowest BCUT2D eigenvalue weighted by Crippen LogP contribution is -2.34. The molecule has 0 rings (SSSR count). The lowest BCUT2D eigenvalue weighted by atomic mass is 10.1. The van der Waals surface area contributed by atoms with Crippen molar-refractivity contribution in [3.8, 4) is 0 Å². The molecule has 1 unspecified atom stereocenters. The Labute approximate surface area is 63.3 Å². The first-order valence-corrected chi connectivity index (χ1v) is 2.86. The normalized spacial score (nSPS) is 11.7. The van der Waals surface area contributed by atoms with E-state index in [2.05, 4.69) is 6.58 Å². The van der Waals surface area contributed by atoms with Crippen molar-refractivity contribution >= 4 is 12.1 Å². The summed E-state index contributed by atoms with van der Waals surface area (Å²) >= 11 is 0. The van der Waals surface area contributed by atoms with Gasteiger partial charge in [-0.1, -0.05) is 6.58 Å². The van der Waals surface area contributed by atoms with Crippen LogP contribution in [0.25, 0.3) is 0 Å². The molecule has 1 atom stereocenters. The van der Waals surface area contributed by atoms with Gasteiger partial charge in [0.25, 0.3) is 0 Å². The predicted molar refractivity (Wildman–Crippen MR) is 37.4 cm³/mol. The molecule has 0 aromatic carbocycles. The maximum Gasteiger partial charge on any atom is 0.405 e. The second kappa shape index (κ2) is 3.60. The fourth-order valence-corrected chi connectivity index (χ4v) is 0.458. The zero-order valence-corrected chi connectivity index (χ0v) is 6.00. The van der Waals surface area contributed by atoms with Gasteiger partial charge in [-0.15, -0.1) is 0 Å². The predicted octanol–water partition coefficient (Wildman–Crippen LogP) is 0.283. The number of hydrogen-bond acceptors (Lipinski definition) is 2. The molecule has 0 aliphatic rings. The second-order valence-corrected chi connectivity index (χ2v) is 2.00. The fraction of sp³-hybridized carbons (Fsp3) is 0.333. The van der Waals surface area contributed by atoms with Gasteiger partial charge in [0.05, 0.1) is 11.6 Å². The van der Waals surface area contributed by atoms with Crippen molar-refractivity contribution in [1.29, 1.82) is 0 Å². The Balaban J connectivity index is 4.03. The summed E-state index contributed by atoms with van der Waals surface area (Å²) in [4.78, 5) is 20.2. The minimum atomic E-state index is -1.26. The summed E-state index contributed by atoms with van der Waals surface area (Å²) in [6, 6.07) is -0.759. The Morgan fingerprint density at radius 1 is 1.45 bits per heavy atom. The third kappa shape index (κ3) is 3.24. The fourth-order valence-electron chi connectivity index (χ4n) is 0.458. The molecule has 0 spiro atoms. The van der Waals surface area contributed by atoms with Crippen LogP contribution in [0, 0.1) is 0 Å². The molecule has 0 fully saturated rings. The number of carboxylic acid groups (broad SMARTS) is 2. The molecular formula is C6H9NO4. The van der Waals surface area contributed by atoms with E-state index in [1.807, 2.05) is 5.32 Å². The van der Waals surface area contributed by atoms with Gasteiger partial charge >= 0.3 is 12.1 Å². The highest BCUT2D eigenvalue weighted by Crippen LogP contribution is 1.97. The van der Waals surface area contributed by atoms with Gasteiger partial charge in [0.1, 0.15) is 0 Å². The minimum Gasteiger partial charge on any atom is -0.478 e. The topological polar surface area (TPSA) is 86.6 Å². The quantitative estimate of drug-likeness (QED) is 0.516. The van der Waals surface area contributed by atoms with Crippen LogP contribution in [0.15, 0.2) is 12.2 Å². The van der Waals surface area contributed by atoms with Gasteiger partial charge < -0.3 is 15.5 Å². The molecule has 0 radical (unpaired) electrons. The molecule has 0 aliphatic heterocycles. The van der Waals surface area contributed by atoms with Crippen molar-refractivity contribution in [2.24, 2.45) is 0 Å². The van der Waals surface area contributed by atoms with Crippen molar-refractivity contribution in [1.82, 2.24) is 5.32 Å². The van der Waals surface area contributed by atoms with E-state index in [0.29, 0.717) is 0 Å². The van der Waals surface area contributed by atoms with Gasteiger partial charge in [-0.3, -0.25) is 0 Å². The Kier molecular flexibility index (Phi) is 3.10. The van der Waals surface area contributed by atoms with Crippen molar-refractivity contribution in [3.05, 3.63) is 12.2 Å². The summed E-state index contributed by atoms with van der Waals surface area (Å²) < 4.78 is 0. The third-order valence-corrected chi connectivity index (χ3v) is 1.14. The van der Waals surface area contributed by atoms with E-state index in [4.69, 9.17) is 10.2 Å². The summed E-state index contributed by atoms with van der Waals surface area (Å²) in [5.74, 6) is -1.20. The molecule has 0 bridgehead atoms. The second-order valence-electron chi connectivity index (χ2n) is 2.00. The number of aliphatic carboxylic acids is 1. The van der Waals surface area contributed by atoms with Crippen LogP contribution in [0.4, 0.5) is 4.79 Å². The first-order chi connectivity index (χ1) is 4.95. The van der Waals surface area contributed by atoms with Crippen LogP contribution in [0.1, 0.15) is 6.92 Å². The van der Waals surface area contributed by atoms with E-state index in [-0.39, 0.29) is 5.57 Å². The molecule has 0 saturated heterocycles. The highest BCUT2D eigenvalue weighted by molar-refractivity contribution is 5.87. The summed E-state index contributed by atoms with van der Waals surface area (Å²) in [5.41, 5.74) is -0.174. The summed E-state index contributed by atoms with van der Waals surface area (Å²) in [7, 11) is 0. The van der Waals surface area contributed by atoms with Crippen LogP contribution in [0.5, 0.6) is 0 Å². The van der Waals surface area contributed by atoms with Crippen molar-refractivity contribution < 1.29 is 19.8 Å². The van der Waals surface area contributed by atoms with Crippen LogP contribution < -0.4 is 5.32 Å². The Morgan fingerprint density at radius 2 is 1.91 bits per heavy atom. The summed E-state index contributed by atoms with van der Waals surface area (Å²) in [5, 5.41) is 18.5. The number of hydrogen-bond donors (Lipinski definition) is 3. The first-order valence-electron chi connectivity index (χ1n) is 2.86. The SMILES string of the molecule is C=C(C(=O)O)C(C)NC(=O)O. The van der Waals surface area contributed by atoms with Crippen molar-refractivity contribution in [2.75, 3.05) is 0 Å². The van der Waals surface area contributed by atoms with E-state index in [1.54, 1.807) is 0 Å². The molecule has 62 valence electrons. The Hall–Kier alpha value is -1.52. The zero-order chi connectivity index (χ0) is 9.02. The van der Waals surface area contributed by atoms with E-state index in [0.717, 1.165) is 0 Å². The van der Waals surface area contributed by atoms with Crippen LogP contribution in [-0.2, 0) is 4.79 Å². The lowest BCUT2D eigenvalue weighted by Gasteiger charge is -2.09. The molecule has 1 amide bonds. The molecule has 11 heavy (non-hydrogen) atoms. The van der Waals surface area contributed by atoms with Crippen molar-refractivity contribution in [3.63, 3.8) is 0 Å². The molecular weight excluding hydrogens is 150 g/mol. The van der Waals surface area contributed by atoms with Crippen LogP contribution in [0.3, 0.4) is 0 Å². The zero-order valence-electron chi connectivity index (χ0n) is 6.00. The maximum absolute atomic E-state index is 10.2. The third-order valence-electron chi connectivity index (χ3n) is 1.14. The van der Waals surface area contributed by atoms with Gasteiger partial charge in [-0.2, -0.15) is 0 Å². The van der Waals surface area contributed by atoms with Crippen LogP contribution >= 0.6 is 0 Å². The average Bonchev–Trinajstić information content (AvgIpc) is 1.84. The molecule has 0 saturated carbocycles. The van der Waals surface area contributed by atoms with Gasteiger partial charge in [-0.25, -0.2) is 9.59 Å². The van der Waals surface area contributed by atoms with Crippen LogP contribution in [-0.4, -0.2) is 28.3 Å². The van der Waals surface area contributed by atoms with Gasteiger partial charge in [0.15, 0.2) is 0 Å².